The molecule has 1 aliphatic carbocycles. The van der Waals surface area contributed by atoms with Gasteiger partial charge in [0.1, 0.15) is 12.2 Å². The van der Waals surface area contributed by atoms with Gasteiger partial charge in [0.05, 0.1) is 5.02 Å². The lowest BCUT2D eigenvalue weighted by atomic mass is 9.96. The summed E-state index contributed by atoms with van der Waals surface area (Å²) < 4.78 is 0. The van der Waals surface area contributed by atoms with Crippen molar-refractivity contribution < 1.29 is 19.8 Å². The Morgan fingerprint density at radius 2 is 1.90 bits per heavy atom. The predicted octanol–water partition coefficient (Wildman–Crippen LogP) is 5.82. The predicted molar refractivity (Wildman–Crippen MR) is 114 cm³/mol. The molecule has 1 fully saturated rings. The minimum atomic E-state index is -1.20. The third kappa shape index (κ3) is 4.51. The third-order valence-electron chi connectivity index (χ3n) is 5.35. The van der Waals surface area contributed by atoms with Gasteiger partial charge in [-0.2, -0.15) is 0 Å². The fourth-order valence-electron chi connectivity index (χ4n) is 3.69. The van der Waals surface area contributed by atoms with Crippen molar-refractivity contribution in [2.24, 2.45) is 0 Å². The molecule has 2 atom stereocenters. The minimum Gasteiger partial charge on any atom is -0.508 e. The highest BCUT2D eigenvalue weighted by molar-refractivity contribution is 6.37. The van der Waals surface area contributed by atoms with Gasteiger partial charge >= 0.3 is 5.97 Å². The molecule has 0 spiro atoms. The molecule has 0 aliphatic heterocycles. The van der Waals surface area contributed by atoms with E-state index in [1.807, 2.05) is 26.0 Å². The van der Waals surface area contributed by atoms with E-state index in [2.05, 4.69) is 5.32 Å². The molecule has 2 aromatic carbocycles. The molecule has 0 bridgehead atoms. The average molecular weight is 436 g/mol. The summed E-state index contributed by atoms with van der Waals surface area (Å²) in [4.78, 5) is 22.5. The van der Waals surface area contributed by atoms with E-state index in [0.717, 1.165) is 23.1 Å². The summed E-state index contributed by atoms with van der Waals surface area (Å²) in [6, 6.07) is 7.33. The van der Waals surface area contributed by atoms with Crippen molar-refractivity contribution >= 4 is 40.8 Å². The lowest BCUT2D eigenvalue weighted by Gasteiger charge is -2.15. The Kier molecular flexibility index (Phi) is 6.11. The first-order valence-corrected chi connectivity index (χ1v) is 10.2. The van der Waals surface area contributed by atoms with E-state index in [9.17, 15) is 14.7 Å². The number of nitrogens with one attached hydrogen (secondary N) is 1. The molecule has 2 aromatic rings. The molecular weight excluding hydrogens is 413 g/mol. The first kappa shape index (κ1) is 21.5. The van der Waals surface area contributed by atoms with Crippen molar-refractivity contribution in [1.29, 1.82) is 0 Å². The summed E-state index contributed by atoms with van der Waals surface area (Å²) >= 11 is 13.1. The zero-order valence-electron chi connectivity index (χ0n) is 16.4. The molecule has 1 amide bonds. The second-order valence-corrected chi connectivity index (χ2v) is 8.58. The Labute approximate surface area is 179 Å². The van der Waals surface area contributed by atoms with E-state index in [4.69, 9.17) is 28.3 Å². The van der Waals surface area contributed by atoms with Crippen molar-refractivity contribution in [3.63, 3.8) is 0 Å². The highest BCUT2D eigenvalue weighted by Crippen LogP contribution is 2.59. The second-order valence-electron chi connectivity index (χ2n) is 7.80. The number of carboxylic acid groups (broad SMARTS) is 1. The Bertz CT molecular complexity index is 987. The molecule has 3 rings (SSSR count). The van der Waals surface area contributed by atoms with E-state index >= 15 is 0 Å². The molecule has 1 saturated carbocycles. The number of benzene rings is 2. The number of carbonyl (C=O) groups is 2. The van der Waals surface area contributed by atoms with Crippen LogP contribution in [0.25, 0.3) is 0 Å². The van der Waals surface area contributed by atoms with Crippen LogP contribution in [0.2, 0.25) is 10.0 Å². The molecule has 29 heavy (non-hydrogen) atoms. The second kappa shape index (κ2) is 8.25. The highest BCUT2D eigenvalue weighted by atomic mass is 35.5. The van der Waals surface area contributed by atoms with E-state index in [1.54, 1.807) is 19.1 Å². The highest BCUT2D eigenvalue weighted by Gasteiger charge is 2.42. The smallest absolute Gasteiger partial charge is 0.312 e. The van der Waals surface area contributed by atoms with Crippen LogP contribution in [0.4, 0.5) is 5.69 Å². The summed E-state index contributed by atoms with van der Waals surface area (Å²) in [6.07, 6.45) is 0.270. The molecule has 0 aromatic heterocycles. The van der Waals surface area contributed by atoms with Crippen molar-refractivity contribution in [1.82, 2.24) is 0 Å². The first-order chi connectivity index (χ1) is 13.6. The fraction of sp³-hybridized carbons (Fsp3) is 0.364. The minimum absolute atomic E-state index is 0.155. The maximum atomic E-state index is 11.8. The molecule has 2 unspecified atom stereocenters. The quantitative estimate of drug-likeness (QED) is 0.499. The van der Waals surface area contributed by atoms with Gasteiger partial charge in [-0.15, -0.1) is 0 Å². The third-order valence-corrected chi connectivity index (χ3v) is 6.15. The molecule has 0 heterocycles. The number of phenolic OH excluding ortho intramolecular Hbond substituents is 1. The number of rotatable bonds is 6. The summed E-state index contributed by atoms with van der Waals surface area (Å²) in [5, 5.41) is 22.3. The van der Waals surface area contributed by atoms with Gasteiger partial charge in [0, 0.05) is 10.7 Å². The molecule has 3 N–H and O–H groups in total. The summed E-state index contributed by atoms with van der Waals surface area (Å²) in [7, 11) is 0. The van der Waals surface area contributed by atoms with Crippen molar-refractivity contribution in [3.8, 4) is 5.75 Å². The van der Waals surface area contributed by atoms with Gasteiger partial charge in [0.25, 0.3) is 0 Å². The van der Waals surface area contributed by atoms with E-state index in [1.165, 1.54) is 0 Å². The van der Waals surface area contributed by atoms with Crippen LogP contribution in [0.15, 0.2) is 24.3 Å². The molecule has 1 aliphatic rings. The van der Waals surface area contributed by atoms with Gasteiger partial charge in [-0.3, -0.25) is 9.59 Å². The molecule has 0 saturated heterocycles. The maximum Gasteiger partial charge on any atom is 0.312 e. The van der Waals surface area contributed by atoms with Gasteiger partial charge in [-0.05, 0) is 65.5 Å². The van der Waals surface area contributed by atoms with Crippen LogP contribution in [0.3, 0.4) is 0 Å². The van der Waals surface area contributed by atoms with E-state index < -0.39 is 18.3 Å². The van der Waals surface area contributed by atoms with Crippen LogP contribution in [-0.2, 0) is 9.59 Å². The monoisotopic (exact) mass is 435 g/mol. The van der Waals surface area contributed by atoms with Gasteiger partial charge in [-0.25, -0.2) is 0 Å². The number of aromatic hydroxyl groups is 1. The first-order valence-electron chi connectivity index (χ1n) is 9.43. The number of anilines is 1. The molecule has 5 nitrogen and oxygen atoms in total. The Morgan fingerprint density at radius 3 is 2.52 bits per heavy atom. The lowest BCUT2D eigenvalue weighted by molar-refractivity contribution is -0.139. The van der Waals surface area contributed by atoms with Crippen LogP contribution < -0.4 is 5.32 Å². The van der Waals surface area contributed by atoms with Crippen LogP contribution in [0.5, 0.6) is 5.75 Å². The zero-order valence-corrected chi connectivity index (χ0v) is 17.9. The fourth-order valence-corrected chi connectivity index (χ4v) is 4.42. The number of carbonyl (C=O) groups excluding carboxylic acids is 1. The maximum absolute atomic E-state index is 11.8. The Balaban J connectivity index is 1.86. The van der Waals surface area contributed by atoms with Crippen LogP contribution in [0.1, 0.15) is 66.7 Å². The van der Waals surface area contributed by atoms with Crippen molar-refractivity contribution in [2.75, 3.05) is 5.32 Å². The summed E-state index contributed by atoms with van der Waals surface area (Å²) in [6.45, 7) is 5.85. The summed E-state index contributed by atoms with van der Waals surface area (Å²) in [5.74, 6) is -0.902. The summed E-state index contributed by atoms with van der Waals surface area (Å²) in [5.41, 5.74) is 3.97. The molecule has 154 valence electrons. The van der Waals surface area contributed by atoms with Crippen LogP contribution in [-0.4, -0.2) is 22.1 Å². The number of carboxylic acids is 1. The van der Waals surface area contributed by atoms with Gasteiger partial charge in [-0.1, -0.05) is 49.2 Å². The van der Waals surface area contributed by atoms with Crippen LogP contribution >= 0.6 is 23.2 Å². The molecule has 7 heteroatoms. The number of phenols is 1. The van der Waals surface area contributed by atoms with E-state index in [-0.39, 0.29) is 17.8 Å². The van der Waals surface area contributed by atoms with E-state index in [0.29, 0.717) is 27.0 Å². The molecule has 0 radical (unpaired) electrons. The normalized spacial score (nSPS) is 18.0. The van der Waals surface area contributed by atoms with Gasteiger partial charge in [0.2, 0.25) is 5.91 Å². The SMILES string of the molecule is Cc1c(NC(=O)CC(=O)O)cc(Cl)c(C2CC2c2ccc(O)c(C(C)C)c2)c1Cl. The number of hydrogen-bond donors (Lipinski definition) is 3. The lowest BCUT2D eigenvalue weighted by Crippen LogP contribution is -2.16. The Morgan fingerprint density at radius 1 is 1.21 bits per heavy atom. The zero-order chi connectivity index (χ0) is 21.5. The van der Waals surface area contributed by atoms with Gasteiger partial charge in [0.15, 0.2) is 0 Å². The van der Waals surface area contributed by atoms with Crippen molar-refractivity contribution in [3.05, 3.63) is 56.6 Å². The topological polar surface area (TPSA) is 86.6 Å². The van der Waals surface area contributed by atoms with Crippen molar-refractivity contribution in [2.45, 2.75) is 51.4 Å². The average Bonchev–Trinajstić information content (AvgIpc) is 3.39. The number of hydrogen-bond acceptors (Lipinski definition) is 3. The van der Waals surface area contributed by atoms with Crippen LogP contribution in [0, 0.1) is 6.92 Å². The number of amides is 1. The number of halogens is 2. The Hall–Kier alpha value is -2.24. The van der Waals surface area contributed by atoms with Gasteiger partial charge < -0.3 is 15.5 Å². The molecular formula is C22H23Cl2NO4. The largest absolute Gasteiger partial charge is 0.508 e. The standard InChI is InChI=1S/C22H23Cl2NO4/c1-10(2)13-6-12(4-5-18(13)26)14-7-15(14)21-16(23)8-17(11(3)22(21)24)25-19(27)9-20(28)29/h4-6,8,10,14-15,26H,7,9H2,1-3H3,(H,25,27)(H,28,29). The number of aliphatic carboxylic acids is 1.